The monoisotopic (exact) mass is 339 g/mol. The molecule has 1 aromatic heterocycles. The van der Waals surface area contributed by atoms with E-state index in [1.54, 1.807) is 0 Å². The van der Waals surface area contributed by atoms with Gasteiger partial charge in [0, 0.05) is 11.8 Å². The molecular weight excluding hydrogens is 322 g/mol. The third-order valence-corrected chi connectivity index (χ3v) is 5.06. The molecule has 0 spiro atoms. The Balaban J connectivity index is 1.90. The van der Waals surface area contributed by atoms with E-state index in [-0.39, 0.29) is 5.12 Å². The van der Waals surface area contributed by atoms with Crippen LogP contribution in [0.4, 0.5) is 0 Å². The predicted molar refractivity (Wildman–Crippen MR) is 103 cm³/mol. The minimum Gasteiger partial charge on any atom is -0.302 e. The number of nitrogens with zero attached hydrogens (tertiary/aromatic N) is 1. The van der Waals surface area contributed by atoms with Crippen molar-refractivity contribution in [1.29, 1.82) is 0 Å². The van der Waals surface area contributed by atoms with Gasteiger partial charge >= 0.3 is 0 Å². The molecule has 0 aliphatic heterocycles. The van der Waals surface area contributed by atoms with Crippen LogP contribution in [0, 0.1) is 20.8 Å². The molecule has 0 atom stereocenters. The molecule has 0 fully saturated rings. The number of rotatable bonds is 1. The first-order valence-corrected chi connectivity index (χ1v) is 8.60. The Morgan fingerprint density at radius 2 is 1.70 bits per heavy atom. The number of aryl methyl sites for hydroxylation is 3. The molecule has 0 saturated carbocycles. The van der Waals surface area contributed by atoms with Crippen molar-refractivity contribution in [3.8, 4) is 0 Å². The molecule has 4 heteroatoms. The minimum absolute atomic E-state index is 0.00258. The molecule has 0 aliphatic rings. The molecule has 3 rings (SSSR count). The molecule has 23 heavy (non-hydrogen) atoms. The van der Waals surface area contributed by atoms with E-state index in [9.17, 15) is 4.79 Å². The van der Waals surface area contributed by atoms with Gasteiger partial charge in [-0.05, 0) is 61.2 Å². The first kappa shape index (κ1) is 16.0. The van der Waals surface area contributed by atoms with Crippen molar-refractivity contribution in [1.82, 2.24) is 4.57 Å². The highest BCUT2D eigenvalue weighted by Crippen LogP contribution is 2.25. The van der Waals surface area contributed by atoms with Gasteiger partial charge in [0.2, 0.25) is 5.12 Å². The Kier molecular flexibility index (Phi) is 4.37. The van der Waals surface area contributed by atoms with Gasteiger partial charge in [-0.3, -0.25) is 4.79 Å². The number of aromatic nitrogens is 1. The average Bonchev–Trinajstić information content (AvgIpc) is 2.89. The smallest absolute Gasteiger partial charge is 0.226 e. The van der Waals surface area contributed by atoms with Crippen LogP contribution < -0.4 is 0 Å². The fourth-order valence-corrected chi connectivity index (χ4v) is 4.15. The normalized spacial score (nSPS) is 10.9. The van der Waals surface area contributed by atoms with Crippen LogP contribution in [-0.4, -0.2) is 14.0 Å². The summed E-state index contributed by atoms with van der Waals surface area (Å²) in [6, 6.07) is 14.1. The Labute approximate surface area is 145 Å². The minimum atomic E-state index is 0.00258. The largest absolute Gasteiger partial charge is 0.302 e. The third kappa shape index (κ3) is 3.09. The fraction of sp³-hybridized carbons (Fsp3) is 0.158. The number of para-hydroxylation sites is 1. The topological polar surface area (TPSA) is 22.0 Å². The second-order valence-electron chi connectivity index (χ2n) is 5.67. The van der Waals surface area contributed by atoms with Crippen molar-refractivity contribution in [2.45, 2.75) is 20.8 Å². The first-order chi connectivity index (χ1) is 11.0. The van der Waals surface area contributed by atoms with Crippen LogP contribution in [0.5, 0.6) is 0 Å². The van der Waals surface area contributed by atoms with Crippen LogP contribution in [0.1, 0.15) is 27.0 Å². The molecule has 0 radical (unpaired) electrons. The number of benzene rings is 2. The van der Waals surface area contributed by atoms with Crippen LogP contribution in [0.2, 0.25) is 0 Å². The van der Waals surface area contributed by atoms with Gasteiger partial charge in [-0.2, -0.15) is 0 Å². The van der Waals surface area contributed by atoms with Crippen molar-refractivity contribution in [2.24, 2.45) is 0 Å². The van der Waals surface area contributed by atoms with E-state index < -0.39 is 0 Å². The number of thioether (sulfide) groups is 1. The number of thiocarbonyl (C=S) groups is 1. The standard InChI is InChI=1S/C19H17NOS2/c1-12-10-13(2)17(14(3)11-12)18(21)23-19(22)20-9-8-15-6-4-5-7-16(15)20/h4-11H,1-3H3. The number of carbonyl (C=O) groups is 1. The number of hydrogen-bond acceptors (Lipinski definition) is 3. The summed E-state index contributed by atoms with van der Waals surface area (Å²) >= 11 is 6.61. The summed E-state index contributed by atoms with van der Waals surface area (Å²) in [5, 5.41) is 1.12. The van der Waals surface area contributed by atoms with E-state index in [0.29, 0.717) is 4.32 Å². The Morgan fingerprint density at radius 3 is 2.39 bits per heavy atom. The Hall–Kier alpha value is -1.91. The van der Waals surface area contributed by atoms with Crippen molar-refractivity contribution >= 4 is 44.3 Å². The fourth-order valence-electron chi connectivity index (χ4n) is 2.92. The van der Waals surface area contributed by atoms with Crippen LogP contribution in [0.25, 0.3) is 10.9 Å². The van der Waals surface area contributed by atoms with Gasteiger partial charge in [-0.25, -0.2) is 0 Å². The molecule has 0 amide bonds. The SMILES string of the molecule is Cc1cc(C)c(C(=O)SC(=S)n2ccc3ccccc32)c(C)c1. The maximum absolute atomic E-state index is 12.7. The lowest BCUT2D eigenvalue weighted by Gasteiger charge is -2.11. The lowest BCUT2D eigenvalue weighted by Crippen LogP contribution is -2.09. The molecule has 0 aliphatic carbocycles. The maximum atomic E-state index is 12.7. The van der Waals surface area contributed by atoms with Gasteiger partial charge in [0.25, 0.3) is 0 Å². The lowest BCUT2D eigenvalue weighted by atomic mass is 10.0. The van der Waals surface area contributed by atoms with Crippen molar-refractivity contribution in [3.05, 3.63) is 70.9 Å². The molecule has 3 aromatic rings. The molecule has 2 nitrogen and oxygen atoms in total. The molecular formula is C19H17NOS2. The van der Waals surface area contributed by atoms with E-state index in [2.05, 4.69) is 0 Å². The first-order valence-electron chi connectivity index (χ1n) is 7.38. The molecule has 2 aromatic carbocycles. The summed E-state index contributed by atoms with van der Waals surface area (Å²) in [6.45, 7) is 5.99. The Morgan fingerprint density at radius 1 is 1.04 bits per heavy atom. The zero-order valence-electron chi connectivity index (χ0n) is 13.3. The maximum Gasteiger partial charge on any atom is 0.226 e. The quantitative estimate of drug-likeness (QED) is 0.564. The summed E-state index contributed by atoms with van der Waals surface area (Å²) < 4.78 is 2.45. The number of fused-ring (bicyclic) bond motifs is 1. The molecule has 0 saturated heterocycles. The average molecular weight is 339 g/mol. The van der Waals surface area contributed by atoms with E-state index in [1.807, 2.05) is 74.0 Å². The summed E-state index contributed by atoms with van der Waals surface area (Å²) in [6.07, 6.45) is 1.92. The second-order valence-corrected chi connectivity index (χ2v) is 7.28. The second kappa shape index (κ2) is 6.30. The van der Waals surface area contributed by atoms with Crippen molar-refractivity contribution in [3.63, 3.8) is 0 Å². The lowest BCUT2D eigenvalue weighted by molar-refractivity contribution is 0.108. The van der Waals surface area contributed by atoms with Crippen LogP contribution in [0.3, 0.4) is 0 Å². The highest BCUT2D eigenvalue weighted by Gasteiger charge is 2.17. The van der Waals surface area contributed by atoms with Gasteiger partial charge in [0.1, 0.15) is 0 Å². The van der Waals surface area contributed by atoms with Crippen LogP contribution in [0.15, 0.2) is 48.7 Å². The highest BCUT2D eigenvalue weighted by molar-refractivity contribution is 8.33. The molecule has 0 bridgehead atoms. The Bertz CT molecular complexity index is 901. The number of hydrogen-bond donors (Lipinski definition) is 0. The summed E-state index contributed by atoms with van der Waals surface area (Å²) in [7, 11) is 0. The van der Waals surface area contributed by atoms with Gasteiger partial charge in [0.05, 0.1) is 5.52 Å². The van der Waals surface area contributed by atoms with E-state index in [4.69, 9.17) is 12.2 Å². The van der Waals surface area contributed by atoms with E-state index >= 15 is 0 Å². The van der Waals surface area contributed by atoms with Crippen molar-refractivity contribution in [2.75, 3.05) is 0 Å². The van der Waals surface area contributed by atoms with Crippen LogP contribution >= 0.6 is 24.0 Å². The summed E-state index contributed by atoms with van der Waals surface area (Å²) in [5.74, 6) is 0. The molecule has 0 N–H and O–H groups in total. The van der Waals surface area contributed by atoms with Gasteiger partial charge in [0.15, 0.2) is 4.32 Å². The zero-order chi connectivity index (χ0) is 16.6. The highest BCUT2D eigenvalue weighted by atomic mass is 32.2. The third-order valence-electron chi connectivity index (χ3n) is 3.86. The molecule has 1 heterocycles. The van der Waals surface area contributed by atoms with Crippen molar-refractivity contribution < 1.29 is 4.79 Å². The zero-order valence-corrected chi connectivity index (χ0v) is 14.9. The number of carbonyl (C=O) groups excluding carboxylic acids is 1. The van der Waals surface area contributed by atoms with Gasteiger partial charge in [-0.1, -0.05) is 48.1 Å². The van der Waals surface area contributed by atoms with Gasteiger partial charge in [-0.15, -0.1) is 0 Å². The van der Waals surface area contributed by atoms with E-state index in [1.165, 1.54) is 5.56 Å². The molecule has 0 unspecified atom stereocenters. The summed E-state index contributed by atoms with van der Waals surface area (Å²) in [5.41, 5.74) is 4.95. The van der Waals surface area contributed by atoms with Crippen LogP contribution in [-0.2, 0) is 0 Å². The molecule has 116 valence electrons. The predicted octanol–water partition coefficient (Wildman–Crippen LogP) is 5.27. The summed E-state index contributed by atoms with van der Waals surface area (Å²) in [4.78, 5) is 12.7. The van der Waals surface area contributed by atoms with E-state index in [0.717, 1.165) is 39.4 Å². The van der Waals surface area contributed by atoms with Gasteiger partial charge < -0.3 is 4.57 Å².